The normalized spacial score (nSPS) is 19.2. The van der Waals surface area contributed by atoms with Gasteiger partial charge in [-0.3, -0.25) is 14.2 Å². The van der Waals surface area contributed by atoms with Gasteiger partial charge < -0.3 is 14.6 Å². The Morgan fingerprint density at radius 1 is 1.12 bits per heavy atom. The van der Waals surface area contributed by atoms with Crippen molar-refractivity contribution in [2.24, 2.45) is 5.92 Å². The van der Waals surface area contributed by atoms with Gasteiger partial charge >= 0.3 is 11.7 Å². The number of ether oxygens (including phenoxy) is 1. The number of aromatic amines is 1. The van der Waals surface area contributed by atoms with Crippen LogP contribution in [0, 0.1) is 11.7 Å². The topological polar surface area (TPSA) is 84.4 Å². The molecule has 0 radical (unpaired) electrons. The molecule has 1 N–H and O–H groups in total. The van der Waals surface area contributed by atoms with Gasteiger partial charge in [0.05, 0.1) is 23.4 Å². The fourth-order valence-corrected chi connectivity index (χ4v) is 4.50. The first kappa shape index (κ1) is 22.0. The number of carbonyl (C=O) groups is 1. The molecule has 3 aromatic rings. The minimum atomic E-state index is -0.521. The molecule has 8 heteroatoms. The largest absolute Gasteiger partial charge is 0.466 e. The molecule has 32 heavy (non-hydrogen) atoms. The molecular weight excluding hydrogens is 413 g/mol. The SMILES string of the molecule is CCOC(=O)[C@H]1CN(CCn2c(=O)[nH]c3ccccc3c2=O)CC[C@H]1c1ccccc1F. The summed E-state index contributed by atoms with van der Waals surface area (Å²) in [6.45, 7) is 3.60. The standard InChI is InChI=1S/C24H26FN3O4/c1-2-32-23(30)19-15-27(12-11-16(19)17-7-3-5-9-20(17)25)13-14-28-22(29)18-8-4-6-10-21(18)26-24(28)31/h3-10,16,19H,2,11-15H2,1H3,(H,26,31)/t16-,19-/m0/s1. The van der Waals surface area contributed by atoms with Gasteiger partial charge in [-0.15, -0.1) is 0 Å². The molecule has 2 heterocycles. The lowest BCUT2D eigenvalue weighted by molar-refractivity contribution is -0.150. The number of nitrogens with one attached hydrogen (secondary N) is 1. The first-order valence-corrected chi connectivity index (χ1v) is 10.8. The summed E-state index contributed by atoms with van der Waals surface area (Å²) in [4.78, 5) is 42.6. The average molecular weight is 439 g/mol. The molecule has 1 aliphatic rings. The predicted octanol–water partition coefficient (Wildman–Crippen LogP) is 2.50. The number of benzene rings is 2. The summed E-state index contributed by atoms with van der Waals surface area (Å²) in [5, 5.41) is 0.453. The van der Waals surface area contributed by atoms with Crippen LogP contribution in [0.25, 0.3) is 10.9 Å². The molecule has 1 fully saturated rings. The second kappa shape index (κ2) is 9.48. The number of aromatic nitrogens is 2. The van der Waals surface area contributed by atoms with Gasteiger partial charge in [-0.25, -0.2) is 9.18 Å². The molecule has 1 aliphatic heterocycles. The van der Waals surface area contributed by atoms with Crippen LogP contribution < -0.4 is 11.2 Å². The fourth-order valence-electron chi connectivity index (χ4n) is 4.50. The molecule has 4 rings (SSSR count). The van der Waals surface area contributed by atoms with E-state index < -0.39 is 11.6 Å². The quantitative estimate of drug-likeness (QED) is 0.597. The van der Waals surface area contributed by atoms with Crippen molar-refractivity contribution in [2.45, 2.75) is 25.8 Å². The Bertz CT molecular complexity index is 1240. The van der Waals surface area contributed by atoms with E-state index in [1.807, 2.05) is 4.90 Å². The summed E-state index contributed by atoms with van der Waals surface area (Å²) in [6.07, 6.45) is 0.577. The number of hydrogen-bond donors (Lipinski definition) is 1. The van der Waals surface area contributed by atoms with E-state index in [0.717, 1.165) is 0 Å². The molecule has 7 nitrogen and oxygen atoms in total. The highest BCUT2D eigenvalue weighted by Crippen LogP contribution is 2.35. The Labute approximate surface area is 184 Å². The number of H-pyrrole nitrogens is 1. The number of para-hydroxylation sites is 1. The third kappa shape index (κ3) is 4.36. The molecule has 0 unspecified atom stereocenters. The lowest BCUT2D eigenvalue weighted by atomic mass is 9.80. The van der Waals surface area contributed by atoms with Crippen LogP contribution in [0.5, 0.6) is 0 Å². The summed E-state index contributed by atoms with van der Waals surface area (Å²) in [7, 11) is 0. The summed E-state index contributed by atoms with van der Waals surface area (Å²) in [6, 6.07) is 13.4. The van der Waals surface area contributed by atoms with Crippen molar-refractivity contribution in [3.63, 3.8) is 0 Å². The molecule has 0 bridgehead atoms. The van der Waals surface area contributed by atoms with E-state index >= 15 is 0 Å². The van der Waals surface area contributed by atoms with Crippen molar-refractivity contribution in [2.75, 3.05) is 26.2 Å². The second-order valence-electron chi connectivity index (χ2n) is 8.01. The Morgan fingerprint density at radius 2 is 1.88 bits per heavy atom. The van der Waals surface area contributed by atoms with Gasteiger partial charge in [-0.05, 0) is 43.7 Å². The third-order valence-corrected chi connectivity index (χ3v) is 6.12. The minimum Gasteiger partial charge on any atom is -0.466 e. The van der Waals surface area contributed by atoms with Crippen molar-refractivity contribution < 1.29 is 13.9 Å². The number of hydrogen-bond acceptors (Lipinski definition) is 5. The third-order valence-electron chi connectivity index (χ3n) is 6.12. The average Bonchev–Trinajstić information content (AvgIpc) is 2.79. The zero-order chi connectivity index (χ0) is 22.7. The van der Waals surface area contributed by atoms with Gasteiger partial charge in [-0.1, -0.05) is 30.3 Å². The molecule has 0 saturated carbocycles. The summed E-state index contributed by atoms with van der Waals surface area (Å²) in [5.41, 5.74) is 0.226. The van der Waals surface area contributed by atoms with E-state index in [-0.39, 0.29) is 36.4 Å². The molecule has 0 amide bonds. The number of esters is 1. The Hall–Kier alpha value is -3.26. The first-order chi connectivity index (χ1) is 15.5. The van der Waals surface area contributed by atoms with E-state index in [9.17, 15) is 18.8 Å². The molecule has 2 aromatic carbocycles. The van der Waals surface area contributed by atoms with Gasteiger partial charge in [0.25, 0.3) is 5.56 Å². The van der Waals surface area contributed by atoms with Gasteiger partial charge in [-0.2, -0.15) is 0 Å². The lowest BCUT2D eigenvalue weighted by Gasteiger charge is -2.37. The van der Waals surface area contributed by atoms with Gasteiger partial charge in [0.2, 0.25) is 0 Å². The summed E-state index contributed by atoms with van der Waals surface area (Å²) >= 11 is 0. The Balaban J connectivity index is 1.53. The zero-order valence-electron chi connectivity index (χ0n) is 17.9. The van der Waals surface area contributed by atoms with Crippen molar-refractivity contribution in [3.05, 3.63) is 80.7 Å². The maximum absolute atomic E-state index is 14.4. The second-order valence-corrected chi connectivity index (χ2v) is 8.01. The first-order valence-electron chi connectivity index (χ1n) is 10.8. The van der Waals surface area contributed by atoms with Crippen LogP contribution in [0.4, 0.5) is 4.39 Å². The van der Waals surface area contributed by atoms with E-state index in [1.54, 1.807) is 49.4 Å². The molecule has 168 valence electrons. The zero-order valence-corrected chi connectivity index (χ0v) is 17.9. The van der Waals surface area contributed by atoms with Gasteiger partial charge in [0, 0.05) is 25.6 Å². The number of likely N-dealkylation sites (tertiary alicyclic amines) is 1. The monoisotopic (exact) mass is 439 g/mol. The Kier molecular flexibility index (Phi) is 6.50. The number of carbonyl (C=O) groups excluding carboxylic acids is 1. The number of rotatable bonds is 6. The van der Waals surface area contributed by atoms with Crippen LogP contribution in [0.2, 0.25) is 0 Å². The van der Waals surface area contributed by atoms with Crippen molar-refractivity contribution in [1.29, 1.82) is 0 Å². The van der Waals surface area contributed by atoms with Crippen LogP contribution in [0.3, 0.4) is 0 Å². The fraction of sp³-hybridized carbons (Fsp3) is 0.375. The van der Waals surface area contributed by atoms with Crippen molar-refractivity contribution >= 4 is 16.9 Å². The highest BCUT2D eigenvalue weighted by molar-refractivity contribution is 5.77. The predicted molar refractivity (Wildman–Crippen MR) is 119 cm³/mol. The van der Waals surface area contributed by atoms with Crippen LogP contribution in [-0.4, -0.2) is 46.7 Å². The lowest BCUT2D eigenvalue weighted by Crippen LogP contribution is -2.46. The van der Waals surface area contributed by atoms with E-state index in [1.165, 1.54) is 10.6 Å². The maximum Gasteiger partial charge on any atom is 0.328 e. The molecular formula is C24H26FN3O4. The number of piperidine rings is 1. The molecule has 0 spiro atoms. The Morgan fingerprint density at radius 3 is 2.66 bits per heavy atom. The van der Waals surface area contributed by atoms with Crippen LogP contribution in [0.1, 0.15) is 24.8 Å². The van der Waals surface area contributed by atoms with E-state index in [2.05, 4.69) is 4.98 Å². The molecule has 1 saturated heterocycles. The molecule has 2 atom stereocenters. The molecule has 0 aliphatic carbocycles. The van der Waals surface area contributed by atoms with E-state index in [0.29, 0.717) is 42.5 Å². The number of nitrogens with zero attached hydrogens (tertiary/aromatic N) is 2. The molecule has 1 aromatic heterocycles. The highest BCUT2D eigenvalue weighted by atomic mass is 19.1. The van der Waals surface area contributed by atoms with E-state index in [4.69, 9.17) is 4.74 Å². The number of fused-ring (bicyclic) bond motifs is 1. The summed E-state index contributed by atoms with van der Waals surface area (Å²) in [5.74, 6) is -1.48. The van der Waals surface area contributed by atoms with Gasteiger partial charge in [0.1, 0.15) is 5.82 Å². The van der Waals surface area contributed by atoms with Crippen LogP contribution in [-0.2, 0) is 16.1 Å². The van der Waals surface area contributed by atoms with Gasteiger partial charge in [0.15, 0.2) is 0 Å². The maximum atomic E-state index is 14.4. The van der Waals surface area contributed by atoms with Crippen molar-refractivity contribution in [3.8, 4) is 0 Å². The van der Waals surface area contributed by atoms with Crippen LogP contribution in [0.15, 0.2) is 58.1 Å². The number of halogens is 1. The van der Waals surface area contributed by atoms with Crippen molar-refractivity contribution in [1.82, 2.24) is 14.5 Å². The minimum absolute atomic E-state index is 0.193. The highest BCUT2D eigenvalue weighted by Gasteiger charge is 2.37. The summed E-state index contributed by atoms with van der Waals surface area (Å²) < 4.78 is 20.9. The smallest absolute Gasteiger partial charge is 0.328 e. The van der Waals surface area contributed by atoms with Crippen LogP contribution >= 0.6 is 0 Å².